The van der Waals surface area contributed by atoms with Gasteiger partial charge in [0.15, 0.2) is 12.4 Å². The van der Waals surface area contributed by atoms with Gasteiger partial charge in [-0.25, -0.2) is 0 Å². The van der Waals surface area contributed by atoms with Crippen LogP contribution in [-0.2, 0) is 22.7 Å². The first-order valence-electron chi connectivity index (χ1n) is 15.1. The number of rotatable bonds is 0. The molecule has 0 amide bonds. The Labute approximate surface area is 302 Å². The Balaban J connectivity index is 0.000000408. The summed E-state index contributed by atoms with van der Waals surface area (Å²) in [4.78, 5) is 17.6. The van der Waals surface area contributed by atoms with Crippen LogP contribution in [0.4, 0.5) is 37.7 Å². The number of carboxylic acid groups (broad SMARTS) is 2. The molecule has 0 saturated heterocycles. The molecule has 6 rings (SSSR count). The highest BCUT2D eigenvalue weighted by Crippen LogP contribution is 2.33. The van der Waals surface area contributed by atoms with Crippen molar-refractivity contribution in [2.75, 3.05) is 23.7 Å². The van der Waals surface area contributed by atoms with E-state index in [1.54, 1.807) is 0 Å². The van der Waals surface area contributed by atoms with Gasteiger partial charge in [-0.15, -0.1) is 0 Å². The number of carbonyl (C=O) groups excluding carboxylic acids is 2. The summed E-state index contributed by atoms with van der Waals surface area (Å²) in [6, 6.07) is 12.0. The zero-order chi connectivity index (χ0) is 37.2. The number of aromatic nitrogens is 2. The van der Waals surface area contributed by atoms with E-state index < -0.39 is 24.3 Å². The Hall–Kier alpha value is -3.46. The van der Waals surface area contributed by atoms with Crippen molar-refractivity contribution in [1.82, 2.24) is 0 Å². The lowest BCUT2D eigenvalue weighted by Crippen LogP contribution is -2.37. The van der Waals surface area contributed by atoms with Crippen LogP contribution in [0.1, 0.15) is 38.5 Å². The predicted molar refractivity (Wildman–Crippen MR) is 175 cm³/mol. The zero-order valence-electron chi connectivity index (χ0n) is 26.0. The molecule has 4 heterocycles. The molecule has 0 saturated carbocycles. The van der Waals surface area contributed by atoms with Gasteiger partial charge < -0.3 is 30.4 Å². The third-order valence-electron chi connectivity index (χ3n) is 7.31. The molecule has 8 nitrogen and oxygen atoms in total. The van der Waals surface area contributed by atoms with E-state index in [0.29, 0.717) is 20.1 Å². The van der Waals surface area contributed by atoms with Gasteiger partial charge in [-0.2, -0.15) is 35.5 Å². The quantitative estimate of drug-likeness (QED) is 0.152. The molecule has 2 aliphatic rings. The number of nitrogens with zero attached hydrogens (tertiary/aromatic N) is 2. The summed E-state index contributed by atoms with van der Waals surface area (Å²) >= 11 is 26.1. The second-order valence-electron chi connectivity index (χ2n) is 11.0. The average molecular weight is 790 g/mol. The first-order chi connectivity index (χ1) is 23.4. The molecule has 272 valence electrons. The zero-order valence-corrected chi connectivity index (χ0v) is 29.0. The first-order valence-corrected chi connectivity index (χ1v) is 16.6. The molecule has 4 bridgehead atoms. The molecule has 2 aromatic carbocycles. The third kappa shape index (κ3) is 11.8. The number of carboxylic acids is 2. The van der Waals surface area contributed by atoms with Gasteiger partial charge in [0, 0.05) is 60.2 Å². The summed E-state index contributed by atoms with van der Waals surface area (Å²) in [5.41, 5.74) is 4.25. The minimum absolute atomic E-state index is 0.657. The van der Waals surface area contributed by atoms with Crippen molar-refractivity contribution in [2.24, 2.45) is 0 Å². The van der Waals surface area contributed by atoms with Crippen molar-refractivity contribution in [3.05, 3.63) is 68.9 Å². The first kappa shape index (κ1) is 41.0. The van der Waals surface area contributed by atoms with E-state index in [4.69, 9.17) is 66.2 Å². The van der Waals surface area contributed by atoms with E-state index in [9.17, 15) is 26.3 Å². The number of pyridine rings is 2. The SMILES string of the molecule is Clc1cc(Cl)c2c3cc[n+](c2c1)CCCCC[n+]1ccc(c2c(Cl)cc(Cl)cc21)NCCCCCN3.O=C([O-])C(F)(F)F.O=C([O-])C(F)(F)F. The number of fused-ring (bicyclic) bond motifs is 12. The van der Waals surface area contributed by atoms with E-state index >= 15 is 0 Å². The molecule has 2 aromatic heterocycles. The van der Waals surface area contributed by atoms with Crippen molar-refractivity contribution in [3.8, 4) is 0 Å². The van der Waals surface area contributed by atoms with Gasteiger partial charge in [-0.1, -0.05) is 46.4 Å². The topological polar surface area (TPSA) is 112 Å². The number of carbonyl (C=O) groups is 2. The number of aliphatic carboxylic acids is 2. The minimum Gasteiger partial charge on any atom is -0.542 e. The molecule has 50 heavy (non-hydrogen) atoms. The van der Waals surface area contributed by atoms with Gasteiger partial charge in [0.05, 0.1) is 32.2 Å². The maximum atomic E-state index is 10.5. The fourth-order valence-corrected chi connectivity index (χ4v) is 6.23. The normalized spacial score (nSPS) is 14.4. The number of nitrogens with one attached hydrogen (secondary N) is 2. The second kappa shape index (κ2) is 18.2. The van der Waals surface area contributed by atoms with Gasteiger partial charge >= 0.3 is 12.4 Å². The van der Waals surface area contributed by atoms with Crippen LogP contribution < -0.4 is 30.0 Å². The third-order valence-corrected chi connectivity index (χ3v) is 8.35. The van der Waals surface area contributed by atoms with Crippen molar-refractivity contribution in [1.29, 1.82) is 0 Å². The number of benzene rings is 2. The Morgan fingerprint density at radius 2 is 0.940 bits per heavy atom. The summed E-state index contributed by atoms with van der Waals surface area (Å²) in [7, 11) is 0. The Kier molecular flexibility index (Phi) is 14.9. The Morgan fingerprint density at radius 1 is 0.600 bits per heavy atom. The highest BCUT2D eigenvalue weighted by Gasteiger charge is 2.29. The van der Waals surface area contributed by atoms with Crippen LogP contribution >= 0.6 is 46.4 Å². The molecule has 2 N–H and O–H groups in total. The molecule has 0 spiro atoms. The van der Waals surface area contributed by atoms with E-state index in [1.165, 1.54) is 0 Å². The maximum Gasteiger partial charge on any atom is 0.430 e. The van der Waals surface area contributed by atoms with E-state index in [1.807, 2.05) is 24.3 Å². The number of aryl methyl sites for hydroxylation is 2. The molecular weight excluding hydrogens is 760 g/mol. The Morgan fingerprint density at radius 3 is 1.28 bits per heavy atom. The largest absolute Gasteiger partial charge is 0.542 e. The van der Waals surface area contributed by atoms with Crippen LogP contribution in [0.15, 0.2) is 48.8 Å². The van der Waals surface area contributed by atoms with E-state index in [2.05, 4.69) is 44.3 Å². The van der Waals surface area contributed by atoms with Gasteiger partial charge in [-0.3, -0.25) is 0 Å². The minimum atomic E-state index is -5.19. The Bertz CT molecular complexity index is 1700. The second-order valence-corrected chi connectivity index (χ2v) is 12.6. The molecule has 18 heteroatoms. The van der Waals surface area contributed by atoms with Crippen LogP contribution in [0.5, 0.6) is 0 Å². The smallest absolute Gasteiger partial charge is 0.430 e. The molecule has 0 unspecified atom stereocenters. The molecule has 0 aliphatic carbocycles. The van der Waals surface area contributed by atoms with Crippen LogP contribution in [0.2, 0.25) is 20.1 Å². The lowest BCUT2D eigenvalue weighted by molar-refractivity contribution is -0.675. The maximum absolute atomic E-state index is 10.5. The lowest BCUT2D eigenvalue weighted by Gasteiger charge is -2.13. The molecule has 0 fully saturated rings. The summed E-state index contributed by atoms with van der Waals surface area (Å²) < 4.78 is 67.6. The fraction of sp³-hybridized carbons (Fsp3) is 0.375. The number of halogens is 10. The number of alkyl halides is 6. The highest BCUT2D eigenvalue weighted by atomic mass is 35.5. The average Bonchev–Trinajstić information content (AvgIpc) is 3.00. The molecule has 4 aromatic rings. The van der Waals surface area contributed by atoms with Gasteiger partial charge in [0.1, 0.15) is 25.0 Å². The lowest BCUT2D eigenvalue weighted by atomic mass is 10.1. The summed E-state index contributed by atoms with van der Waals surface area (Å²) in [5.74, 6) is -6.01. The van der Waals surface area contributed by atoms with Crippen molar-refractivity contribution < 1.29 is 55.3 Å². The summed E-state index contributed by atoms with van der Waals surface area (Å²) in [6.07, 6.45) is 0.326. The van der Waals surface area contributed by atoms with E-state index in [-0.39, 0.29) is 0 Å². The fourth-order valence-electron chi connectivity index (χ4n) is 5.06. The van der Waals surface area contributed by atoms with Crippen molar-refractivity contribution in [3.63, 3.8) is 0 Å². The van der Waals surface area contributed by atoms with Crippen LogP contribution in [-0.4, -0.2) is 37.4 Å². The molecule has 0 atom stereocenters. The number of hydrogen-bond acceptors (Lipinski definition) is 6. The van der Waals surface area contributed by atoms with Crippen LogP contribution in [0.3, 0.4) is 0 Å². The van der Waals surface area contributed by atoms with Gasteiger partial charge in [0.25, 0.3) is 0 Å². The monoisotopic (exact) mass is 788 g/mol. The summed E-state index contributed by atoms with van der Waals surface area (Å²) in [5, 5.41) is 29.5. The molecule has 0 radical (unpaired) electrons. The van der Waals surface area contributed by atoms with Crippen LogP contribution in [0, 0.1) is 0 Å². The van der Waals surface area contributed by atoms with Crippen molar-refractivity contribution in [2.45, 2.75) is 64.0 Å². The van der Waals surface area contributed by atoms with E-state index in [0.717, 1.165) is 97.9 Å². The molecular formula is C32H30Cl4F6N4O4. The number of anilines is 2. The van der Waals surface area contributed by atoms with Gasteiger partial charge in [0.2, 0.25) is 11.0 Å². The predicted octanol–water partition coefficient (Wildman–Crippen LogP) is 6.66. The van der Waals surface area contributed by atoms with Crippen LogP contribution in [0.25, 0.3) is 21.8 Å². The standard InChI is InChI=1S/C28H28Cl4N4.2C2HF3O2/c29-19-15-21(31)27-23-7-13-35(25(27)17-19)11-5-2-6-12-36-14-8-24(34-10-4-1-3-9-33-23)28-22(32)16-20(30)18-26(28)36;2*3-2(4,5)1(6)7/h7-8,13-18H,1-6,9-12H2;2*(H,6,7). The summed E-state index contributed by atoms with van der Waals surface area (Å²) in [6.45, 7) is 3.58. The highest BCUT2D eigenvalue weighted by molar-refractivity contribution is 6.40. The number of hydrogen-bond donors (Lipinski definition) is 2. The molecule has 2 aliphatic heterocycles. The van der Waals surface area contributed by atoms with Gasteiger partial charge in [-0.05, 0) is 37.8 Å². The van der Waals surface area contributed by atoms with Crippen molar-refractivity contribution >= 4 is 91.5 Å².